The second-order valence-corrected chi connectivity index (χ2v) is 14.7. The molecule has 4 atom stereocenters. The van der Waals surface area contributed by atoms with Crippen LogP contribution in [0, 0.1) is 17.8 Å². The Hall–Kier alpha value is -3.18. The van der Waals surface area contributed by atoms with Gasteiger partial charge in [-0.25, -0.2) is 14.0 Å². The average molecular weight is 707 g/mol. The van der Waals surface area contributed by atoms with Crippen molar-refractivity contribution in [2.75, 3.05) is 32.2 Å². The number of alkyl carbamates (subject to hydrolysis) is 1. The minimum atomic E-state index is -0.628. The molecule has 1 aliphatic carbocycles. The Balaban J connectivity index is 0.000000298. The molecule has 10 nitrogen and oxygen atoms in total. The summed E-state index contributed by atoms with van der Waals surface area (Å²) in [5.41, 5.74) is 1.07. The highest BCUT2D eigenvalue weighted by atomic mass is 35.5. The van der Waals surface area contributed by atoms with E-state index in [1.807, 2.05) is 32.2 Å². The quantitative estimate of drug-likeness (QED) is 0.142. The first kappa shape index (κ1) is 40.3. The van der Waals surface area contributed by atoms with Gasteiger partial charge in [-0.1, -0.05) is 57.0 Å². The van der Waals surface area contributed by atoms with Crippen LogP contribution < -0.4 is 10.6 Å². The van der Waals surface area contributed by atoms with Crippen LogP contribution >= 0.6 is 11.6 Å². The molecule has 4 unspecified atom stereocenters. The molecule has 274 valence electrons. The first-order valence-electron chi connectivity index (χ1n) is 17.8. The van der Waals surface area contributed by atoms with Crippen LogP contribution in [0.15, 0.2) is 18.2 Å². The Morgan fingerprint density at radius 1 is 1.12 bits per heavy atom. The molecule has 0 bridgehead atoms. The van der Waals surface area contributed by atoms with Crippen molar-refractivity contribution < 1.29 is 33.0 Å². The van der Waals surface area contributed by atoms with Crippen LogP contribution in [0.2, 0.25) is 5.02 Å². The Bertz CT molecular complexity index is 1390. The van der Waals surface area contributed by atoms with Crippen LogP contribution in [0.1, 0.15) is 109 Å². The number of carbonyl (C=O) groups is 4. The van der Waals surface area contributed by atoms with E-state index in [1.54, 1.807) is 27.7 Å². The van der Waals surface area contributed by atoms with Crippen molar-refractivity contribution in [1.82, 2.24) is 15.2 Å². The van der Waals surface area contributed by atoms with Crippen molar-refractivity contribution in [2.45, 2.75) is 117 Å². The van der Waals surface area contributed by atoms with E-state index in [1.165, 1.54) is 32.1 Å². The average Bonchev–Trinajstić information content (AvgIpc) is 3.61. The summed E-state index contributed by atoms with van der Waals surface area (Å²) >= 11 is 6.42. The number of amides is 2. The van der Waals surface area contributed by atoms with Crippen molar-refractivity contribution in [3.8, 4) is 0 Å². The van der Waals surface area contributed by atoms with E-state index < -0.39 is 30.4 Å². The lowest BCUT2D eigenvalue weighted by atomic mass is 9.76. The van der Waals surface area contributed by atoms with Gasteiger partial charge in [0.2, 0.25) is 5.91 Å². The number of nitrogens with one attached hydrogen (secondary N) is 3. The number of rotatable bonds is 13. The van der Waals surface area contributed by atoms with E-state index in [9.17, 15) is 23.6 Å². The minimum absolute atomic E-state index is 0.0294. The molecular formula is C37H56ClFN4O6. The fourth-order valence-corrected chi connectivity index (χ4v) is 7.16. The number of H-pyrrole nitrogens is 1. The van der Waals surface area contributed by atoms with Crippen LogP contribution in [-0.2, 0) is 19.1 Å². The fourth-order valence-electron chi connectivity index (χ4n) is 6.88. The van der Waals surface area contributed by atoms with Gasteiger partial charge < -0.3 is 29.9 Å². The van der Waals surface area contributed by atoms with Gasteiger partial charge in [-0.2, -0.15) is 0 Å². The zero-order chi connectivity index (χ0) is 36.1. The molecule has 2 amide bonds. The van der Waals surface area contributed by atoms with Crippen molar-refractivity contribution >= 4 is 52.4 Å². The Kier molecular flexibility index (Phi) is 15.8. The molecule has 1 aromatic carbocycles. The van der Waals surface area contributed by atoms with Crippen LogP contribution in [-0.4, -0.2) is 78.7 Å². The molecule has 1 aromatic heterocycles. The van der Waals surface area contributed by atoms with Gasteiger partial charge in [0.25, 0.3) is 0 Å². The van der Waals surface area contributed by atoms with E-state index in [4.69, 9.17) is 21.1 Å². The molecule has 0 radical (unpaired) electrons. The zero-order valence-electron chi connectivity index (χ0n) is 30.0. The maximum atomic E-state index is 13.2. The van der Waals surface area contributed by atoms with Crippen molar-refractivity contribution in [3.63, 3.8) is 0 Å². The molecule has 2 aliphatic rings. The van der Waals surface area contributed by atoms with E-state index in [-0.39, 0.29) is 30.2 Å². The molecule has 0 spiro atoms. The number of anilines is 1. The van der Waals surface area contributed by atoms with Gasteiger partial charge in [0.1, 0.15) is 24.3 Å². The molecule has 2 heterocycles. The molecule has 1 saturated heterocycles. The largest absolute Gasteiger partial charge is 0.461 e. The zero-order valence-corrected chi connectivity index (χ0v) is 30.8. The summed E-state index contributed by atoms with van der Waals surface area (Å²) in [4.78, 5) is 52.6. The number of carbonyl (C=O) groups excluding carboxylic acids is 4. The number of likely N-dealkylation sites (N-methyl/N-ethyl adjacent to an activating group) is 1. The predicted octanol–water partition coefficient (Wildman–Crippen LogP) is 8.08. The predicted molar refractivity (Wildman–Crippen MR) is 192 cm³/mol. The summed E-state index contributed by atoms with van der Waals surface area (Å²) in [6.07, 6.45) is 10.5. The molecular weight excluding hydrogens is 651 g/mol. The fraction of sp³-hybridized carbons (Fsp3) is 0.676. The molecule has 2 aromatic rings. The minimum Gasteiger partial charge on any atom is -0.461 e. The molecule has 1 saturated carbocycles. The summed E-state index contributed by atoms with van der Waals surface area (Å²) in [5.74, 6) is 0.662. The van der Waals surface area contributed by atoms with Crippen molar-refractivity contribution in [2.24, 2.45) is 17.8 Å². The summed E-state index contributed by atoms with van der Waals surface area (Å²) in [6.45, 7) is 9.59. The summed E-state index contributed by atoms with van der Waals surface area (Å²) in [6, 6.07) is 4.85. The Labute approximate surface area is 295 Å². The Morgan fingerprint density at radius 2 is 1.84 bits per heavy atom. The van der Waals surface area contributed by atoms with Crippen LogP contribution in [0.5, 0.6) is 0 Å². The van der Waals surface area contributed by atoms with E-state index >= 15 is 0 Å². The molecule has 12 heteroatoms. The maximum absolute atomic E-state index is 13.2. The third-order valence-electron chi connectivity index (χ3n) is 9.45. The van der Waals surface area contributed by atoms with Crippen LogP contribution in [0.25, 0.3) is 10.9 Å². The molecule has 49 heavy (non-hydrogen) atoms. The number of aromatic nitrogens is 1. The smallest absolute Gasteiger partial charge is 0.407 e. The van der Waals surface area contributed by atoms with Gasteiger partial charge in [0.05, 0.1) is 23.7 Å². The number of benzene rings is 1. The van der Waals surface area contributed by atoms with Crippen LogP contribution in [0.4, 0.5) is 14.9 Å². The number of nitrogens with zero attached hydrogens (tertiary/aromatic N) is 1. The number of fused-ring (bicyclic) bond motifs is 1. The lowest BCUT2D eigenvalue weighted by Gasteiger charge is -2.32. The van der Waals surface area contributed by atoms with Gasteiger partial charge in [-0.15, -0.1) is 0 Å². The lowest BCUT2D eigenvalue weighted by Crippen LogP contribution is -2.43. The summed E-state index contributed by atoms with van der Waals surface area (Å²) in [5, 5.41) is 6.62. The Morgan fingerprint density at radius 3 is 2.45 bits per heavy atom. The first-order valence-corrected chi connectivity index (χ1v) is 18.2. The molecule has 1 aliphatic heterocycles. The van der Waals surface area contributed by atoms with Crippen LogP contribution in [0.3, 0.4) is 0 Å². The van der Waals surface area contributed by atoms with Crippen molar-refractivity contribution in [3.05, 3.63) is 28.9 Å². The topological polar surface area (TPSA) is 130 Å². The standard InChI is InChI=1S/C23H30ClN3O3.C14H26FNO3/c1-3-30-23(29)20-19(24)17-13-15(9-10-18(17)26-20)25-22(28)21-16(11-12-27(21)2)14-7-5-4-6-8-14;1-5-11(10-17)7-6-8-12(9-15)16-13(18)19-14(2,3)4/h9-10,13-14,16,21,26H,3-8,11-12H2,1-2H3,(H,25,28);10-12H,5-9H2,1-4H3,(H,16,18). The number of esters is 1. The third-order valence-corrected chi connectivity index (χ3v) is 9.85. The normalized spacial score (nSPS) is 19.8. The van der Waals surface area contributed by atoms with Crippen molar-refractivity contribution in [1.29, 1.82) is 0 Å². The van der Waals surface area contributed by atoms with Gasteiger partial charge in [0.15, 0.2) is 0 Å². The van der Waals surface area contributed by atoms with E-state index in [0.29, 0.717) is 40.8 Å². The number of aldehydes is 1. The van der Waals surface area contributed by atoms with Gasteiger partial charge in [-0.3, -0.25) is 9.69 Å². The summed E-state index contributed by atoms with van der Waals surface area (Å²) in [7, 11) is 2.05. The number of alkyl halides is 1. The van der Waals surface area contributed by atoms with Gasteiger partial charge in [0, 0.05) is 22.5 Å². The number of hydrogen-bond donors (Lipinski definition) is 3. The molecule has 4 rings (SSSR count). The second-order valence-electron chi connectivity index (χ2n) is 14.3. The summed E-state index contributed by atoms with van der Waals surface area (Å²) < 4.78 is 22.9. The highest BCUT2D eigenvalue weighted by Crippen LogP contribution is 2.39. The van der Waals surface area contributed by atoms with Gasteiger partial charge >= 0.3 is 12.1 Å². The molecule has 2 fully saturated rings. The third kappa shape index (κ3) is 12.0. The number of likely N-dealkylation sites (tertiary alicyclic amines) is 1. The van der Waals surface area contributed by atoms with E-state index in [2.05, 4.69) is 20.5 Å². The number of hydrogen-bond acceptors (Lipinski definition) is 7. The van der Waals surface area contributed by atoms with Gasteiger partial charge in [-0.05, 0) is 97.0 Å². The highest BCUT2D eigenvalue weighted by Gasteiger charge is 2.41. The number of halogens is 2. The second kappa shape index (κ2) is 19.3. The number of ether oxygens (including phenoxy) is 2. The monoisotopic (exact) mass is 706 g/mol. The number of aromatic amines is 1. The molecule has 3 N–H and O–H groups in total. The first-order chi connectivity index (χ1) is 23.3. The SMILES string of the molecule is CCC(C=O)CCCC(CF)NC(=O)OC(C)(C)C.CCOC(=O)c1[nH]c2ccc(NC(=O)C3C(C4CCCCC4)CCN3C)cc2c1Cl. The van der Waals surface area contributed by atoms with E-state index in [0.717, 1.165) is 37.6 Å². The lowest BCUT2D eigenvalue weighted by molar-refractivity contribution is -0.121. The maximum Gasteiger partial charge on any atom is 0.407 e. The highest BCUT2D eigenvalue weighted by molar-refractivity contribution is 6.38.